The van der Waals surface area contributed by atoms with E-state index >= 15 is 0 Å². The number of hydrogen-bond acceptors (Lipinski definition) is 4. The van der Waals surface area contributed by atoms with E-state index in [9.17, 15) is 14.4 Å². The van der Waals surface area contributed by atoms with Crippen molar-refractivity contribution in [2.45, 2.75) is 70.2 Å². The van der Waals surface area contributed by atoms with Crippen LogP contribution in [-0.2, 0) is 25.5 Å². The van der Waals surface area contributed by atoms with E-state index in [2.05, 4.69) is 24.5 Å². The SMILES string of the molecule is Cc1cccc(NC(=O)[C@@H]2[C@@H]3C=C[C@]4(O3)[C@@H]2C(=O)N(CCc2ccccc2)[C@H]4C(=O)N[C@@H]2CCC[C@@H](C)[C@@H]2C)c1. The number of anilines is 1. The molecule has 7 heteroatoms. The molecule has 1 spiro atoms. The molecule has 3 amide bonds. The number of aryl methyl sites for hydroxylation is 1. The summed E-state index contributed by atoms with van der Waals surface area (Å²) < 4.78 is 6.51. The first kappa shape index (κ1) is 26.8. The van der Waals surface area contributed by atoms with Crippen LogP contribution in [0.3, 0.4) is 0 Å². The van der Waals surface area contributed by atoms with Gasteiger partial charge in [-0.05, 0) is 54.9 Å². The maximum absolute atomic E-state index is 14.2. The molecule has 3 heterocycles. The fourth-order valence-corrected chi connectivity index (χ4v) is 7.40. The number of carbonyl (C=O) groups is 3. The van der Waals surface area contributed by atoms with Crippen molar-refractivity contribution in [1.29, 1.82) is 0 Å². The first-order chi connectivity index (χ1) is 19.3. The van der Waals surface area contributed by atoms with Crippen LogP contribution < -0.4 is 10.6 Å². The molecule has 0 aromatic heterocycles. The van der Waals surface area contributed by atoms with Crippen molar-refractivity contribution in [1.82, 2.24) is 10.2 Å². The summed E-state index contributed by atoms with van der Waals surface area (Å²) in [7, 11) is 0. The third-order valence-corrected chi connectivity index (χ3v) is 9.73. The molecule has 2 saturated heterocycles. The summed E-state index contributed by atoms with van der Waals surface area (Å²) in [5.41, 5.74) is 1.66. The minimum atomic E-state index is -1.15. The van der Waals surface area contributed by atoms with E-state index in [-0.39, 0.29) is 23.8 Å². The van der Waals surface area contributed by atoms with E-state index in [1.165, 1.54) is 0 Å². The normalized spacial score (nSPS) is 34.1. The van der Waals surface area contributed by atoms with E-state index in [4.69, 9.17) is 4.74 Å². The highest BCUT2D eigenvalue weighted by Crippen LogP contribution is 2.55. The molecule has 0 unspecified atom stereocenters. The van der Waals surface area contributed by atoms with Crippen molar-refractivity contribution in [2.24, 2.45) is 23.7 Å². The Balaban J connectivity index is 1.30. The van der Waals surface area contributed by atoms with E-state index in [1.54, 1.807) is 4.90 Å². The van der Waals surface area contributed by atoms with Gasteiger partial charge in [-0.3, -0.25) is 14.4 Å². The van der Waals surface area contributed by atoms with Crippen molar-refractivity contribution < 1.29 is 19.1 Å². The van der Waals surface area contributed by atoms with Gasteiger partial charge < -0.3 is 20.3 Å². The second-order valence-corrected chi connectivity index (χ2v) is 12.2. The summed E-state index contributed by atoms with van der Waals surface area (Å²) in [6.07, 6.45) is 7.00. The van der Waals surface area contributed by atoms with E-state index in [0.717, 1.165) is 30.4 Å². The van der Waals surface area contributed by atoms with Crippen molar-refractivity contribution in [3.05, 3.63) is 77.9 Å². The Hall–Kier alpha value is -3.45. The molecule has 4 aliphatic rings. The van der Waals surface area contributed by atoms with Crippen molar-refractivity contribution in [3.63, 3.8) is 0 Å². The van der Waals surface area contributed by atoms with Gasteiger partial charge in [0.25, 0.3) is 0 Å². The number of amides is 3. The zero-order chi connectivity index (χ0) is 28.0. The van der Waals surface area contributed by atoms with Gasteiger partial charge in [-0.1, -0.05) is 81.3 Å². The molecule has 6 rings (SSSR count). The molecule has 210 valence electrons. The number of nitrogens with one attached hydrogen (secondary N) is 2. The summed E-state index contributed by atoms with van der Waals surface area (Å²) in [6.45, 7) is 6.79. The standard InChI is InChI=1S/C33H39N3O4/c1-20-9-7-13-24(19-20)34-30(37)27-26-15-17-33(40-26)28(27)32(39)36(18-16-23-11-5-4-6-12-23)29(33)31(38)35-25-14-8-10-21(2)22(25)3/h4-7,9,11-13,15,17,19,21-22,25-29H,8,10,14,16,18H2,1-3H3,(H,34,37)(H,35,38)/t21-,22+,25-,26+,27-,28+,29+,33+/m1/s1. The van der Waals surface area contributed by atoms with E-state index < -0.39 is 29.6 Å². The van der Waals surface area contributed by atoms with Gasteiger partial charge in [-0.25, -0.2) is 0 Å². The molecule has 1 saturated carbocycles. The molecular formula is C33H39N3O4. The van der Waals surface area contributed by atoms with Crippen LogP contribution in [0.2, 0.25) is 0 Å². The summed E-state index contributed by atoms with van der Waals surface area (Å²) in [5.74, 6) is -1.19. The highest BCUT2D eigenvalue weighted by atomic mass is 16.5. The van der Waals surface area contributed by atoms with Crippen LogP contribution in [0.15, 0.2) is 66.7 Å². The molecule has 3 aliphatic heterocycles. The average Bonchev–Trinajstić information content (AvgIpc) is 3.58. The summed E-state index contributed by atoms with van der Waals surface area (Å²) in [4.78, 5) is 43.7. The smallest absolute Gasteiger partial charge is 0.246 e. The molecule has 8 atom stereocenters. The Kier molecular flexibility index (Phi) is 7.03. The number of carbonyl (C=O) groups excluding carboxylic acids is 3. The lowest BCUT2D eigenvalue weighted by Gasteiger charge is -2.38. The lowest BCUT2D eigenvalue weighted by molar-refractivity contribution is -0.141. The van der Waals surface area contributed by atoms with Crippen LogP contribution in [-0.4, -0.2) is 53.0 Å². The number of hydrogen-bond donors (Lipinski definition) is 2. The number of likely N-dealkylation sites (tertiary alicyclic amines) is 1. The summed E-state index contributed by atoms with van der Waals surface area (Å²) >= 11 is 0. The van der Waals surface area contributed by atoms with Gasteiger partial charge in [0.05, 0.1) is 17.9 Å². The Morgan fingerprint density at radius 1 is 1.05 bits per heavy atom. The monoisotopic (exact) mass is 541 g/mol. The van der Waals surface area contributed by atoms with E-state index in [1.807, 2.05) is 73.7 Å². The topological polar surface area (TPSA) is 87.7 Å². The second kappa shape index (κ2) is 10.5. The van der Waals surface area contributed by atoms with Gasteiger partial charge in [0.1, 0.15) is 11.6 Å². The summed E-state index contributed by atoms with van der Waals surface area (Å²) in [6, 6.07) is 16.8. The molecule has 2 aromatic carbocycles. The van der Waals surface area contributed by atoms with Gasteiger partial charge in [0.15, 0.2) is 0 Å². The Labute approximate surface area is 236 Å². The van der Waals surface area contributed by atoms with Gasteiger partial charge in [0, 0.05) is 18.3 Å². The van der Waals surface area contributed by atoms with Crippen molar-refractivity contribution in [2.75, 3.05) is 11.9 Å². The molecule has 2 aromatic rings. The summed E-state index contributed by atoms with van der Waals surface area (Å²) in [5, 5.41) is 6.33. The molecular weight excluding hydrogens is 502 g/mol. The van der Waals surface area contributed by atoms with Crippen LogP contribution in [0.4, 0.5) is 5.69 Å². The predicted molar refractivity (Wildman–Crippen MR) is 153 cm³/mol. The number of ether oxygens (including phenoxy) is 1. The van der Waals surface area contributed by atoms with E-state index in [0.29, 0.717) is 30.5 Å². The van der Waals surface area contributed by atoms with Gasteiger partial charge >= 0.3 is 0 Å². The van der Waals surface area contributed by atoms with Gasteiger partial charge in [0.2, 0.25) is 17.7 Å². The zero-order valence-electron chi connectivity index (χ0n) is 23.5. The minimum absolute atomic E-state index is 0.0563. The maximum atomic E-state index is 14.2. The third-order valence-electron chi connectivity index (χ3n) is 9.73. The number of rotatable bonds is 7. The fourth-order valence-electron chi connectivity index (χ4n) is 7.40. The Morgan fingerprint density at radius 2 is 1.85 bits per heavy atom. The van der Waals surface area contributed by atoms with Crippen LogP contribution in [0.5, 0.6) is 0 Å². The molecule has 1 aliphatic carbocycles. The van der Waals surface area contributed by atoms with Crippen LogP contribution in [0, 0.1) is 30.6 Å². The van der Waals surface area contributed by atoms with Gasteiger partial charge in [-0.15, -0.1) is 0 Å². The Morgan fingerprint density at radius 3 is 2.62 bits per heavy atom. The largest absolute Gasteiger partial charge is 0.359 e. The first-order valence-electron chi connectivity index (χ1n) is 14.7. The van der Waals surface area contributed by atoms with Crippen molar-refractivity contribution >= 4 is 23.4 Å². The van der Waals surface area contributed by atoms with Gasteiger partial charge in [-0.2, -0.15) is 0 Å². The lowest BCUT2D eigenvalue weighted by atomic mass is 9.73. The average molecular weight is 542 g/mol. The predicted octanol–water partition coefficient (Wildman–Crippen LogP) is 4.27. The maximum Gasteiger partial charge on any atom is 0.246 e. The molecule has 3 fully saturated rings. The highest BCUT2D eigenvalue weighted by molar-refractivity contribution is 6.02. The fraction of sp³-hybridized carbons (Fsp3) is 0.485. The first-order valence-corrected chi connectivity index (χ1v) is 14.7. The number of nitrogens with zero attached hydrogens (tertiary/aromatic N) is 1. The second-order valence-electron chi connectivity index (χ2n) is 12.2. The highest BCUT2D eigenvalue weighted by Gasteiger charge is 2.72. The molecule has 2 bridgehead atoms. The van der Waals surface area contributed by atoms with Crippen LogP contribution in [0.1, 0.15) is 44.2 Å². The quantitative estimate of drug-likeness (QED) is 0.513. The molecule has 2 N–H and O–H groups in total. The molecule has 40 heavy (non-hydrogen) atoms. The molecule has 7 nitrogen and oxygen atoms in total. The number of fused-ring (bicyclic) bond motifs is 1. The minimum Gasteiger partial charge on any atom is -0.359 e. The van der Waals surface area contributed by atoms with Crippen molar-refractivity contribution in [3.8, 4) is 0 Å². The molecule has 0 radical (unpaired) electrons. The third kappa shape index (κ3) is 4.54. The number of benzene rings is 2. The van der Waals surface area contributed by atoms with Crippen LogP contribution >= 0.6 is 0 Å². The van der Waals surface area contributed by atoms with Crippen LogP contribution in [0.25, 0.3) is 0 Å². The Bertz CT molecular complexity index is 1330. The zero-order valence-corrected chi connectivity index (χ0v) is 23.5. The lowest BCUT2D eigenvalue weighted by Crippen LogP contribution is -2.58.